The standard InChI is InChI=1S/C15H27N3O/c1-3-7-16-14(11-13-6-10-19-12-13)15-5-8-17-18(15)9-4-2/h5,8,13-14,16H,3-4,6-7,9-12H2,1-2H3. The molecule has 1 fully saturated rings. The molecule has 0 amide bonds. The number of hydrogen-bond acceptors (Lipinski definition) is 3. The molecule has 2 heterocycles. The van der Waals surface area contributed by atoms with Gasteiger partial charge in [0.15, 0.2) is 0 Å². The third-order valence-electron chi connectivity index (χ3n) is 3.78. The molecule has 19 heavy (non-hydrogen) atoms. The Bertz CT molecular complexity index is 358. The van der Waals surface area contributed by atoms with Crippen LogP contribution in [0.4, 0.5) is 0 Å². The molecular weight excluding hydrogens is 238 g/mol. The monoisotopic (exact) mass is 265 g/mol. The second-order valence-electron chi connectivity index (χ2n) is 5.45. The van der Waals surface area contributed by atoms with Gasteiger partial charge >= 0.3 is 0 Å². The minimum atomic E-state index is 0.417. The lowest BCUT2D eigenvalue weighted by atomic mass is 9.97. The molecule has 0 bridgehead atoms. The molecule has 1 aromatic heterocycles. The van der Waals surface area contributed by atoms with Crippen molar-refractivity contribution < 1.29 is 4.74 Å². The second kappa shape index (κ2) is 7.65. The van der Waals surface area contributed by atoms with E-state index in [-0.39, 0.29) is 0 Å². The van der Waals surface area contributed by atoms with E-state index in [4.69, 9.17) is 4.74 Å². The molecule has 1 saturated heterocycles. The molecule has 4 heteroatoms. The van der Waals surface area contributed by atoms with Gasteiger partial charge < -0.3 is 10.1 Å². The summed E-state index contributed by atoms with van der Waals surface area (Å²) >= 11 is 0. The van der Waals surface area contributed by atoms with E-state index in [1.807, 2.05) is 6.20 Å². The fourth-order valence-corrected chi connectivity index (χ4v) is 2.77. The van der Waals surface area contributed by atoms with E-state index in [1.54, 1.807) is 0 Å². The van der Waals surface area contributed by atoms with Crippen LogP contribution in [0.1, 0.15) is 51.3 Å². The summed E-state index contributed by atoms with van der Waals surface area (Å²) in [6, 6.07) is 2.58. The molecule has 0 aromatic carbocycles. The summed E-state index contributed by atoms with van der Waals surface area (Å²) in [6.07, 6.45) is 6.58. The summed E-state index contributed by atoms with van der Waals surface area (Å²) in [5.74, 6) is 0.694. The number of aromatic nitrogens is 2. The van der Waals surface area contributed by atoms with Gasteiger partial charge in [-0.3, -0.25) is 4.68 Å². The molecular formula is C15H27N3O. The van der Waals surface area contributed by atoms with Gasteiger partial charge in [-0.15, -0.1) is 0 Å². The van der Waals surface area contributed by atoms with Crippen molar-refractivity contribution in [1.82, 2.24) is 15.1 Å². The first-order chi connectivity index (χ1) is 9.35. The highest BCUT2D eigenvalue weighted by Crippen LogP contribution is 2.26. The van der Waals surface area contributed by atoms with Gasteiger partial charge in [-0.05, 0) is 44.2 Å². The number of hydrogen-bond donors (Lipinski definition) is 1. The molecule has 0 aliphatic carbocycles. The fourth-order valence-electron chi connectivity index (χ4n) is 2.77. The van der Waals surface area contributed by atoms with Crippen molar-refractivity contribution in [3.63, 3.8) is 0 Å². The van der Waals surface area contributed by atoms with Crippen molar-refractivity contribution in [2.24, 2.45) is 5.92 Å². The lowest BCUT2D eigenvalue weighted by Gasteiger charge is -2.22. The molecule has 108 valence electrons. The molecule has 2 unspecified atom stereocenters. The Morgan fingerprint density at radius 3 is 3.05 bits per heavy atom. The maximum Gasteiger partial charge on any atom is 0.0553 e. The van der Waals surface area contributed by atoms with E-state index in [2.05, 4.69) is 35.0 Å². The van der Waals surface area contributed by atoms with Crippen LogP contribution < -0.4 is 5.32 Å². The van der Waals surface area contributed by atoms with Crippen molar-refractivity contribution in [3.8, 4) is 0 Å². The van der Waals surface area contributed by atoms with Crippen molar-refractivity contribution >= 4 is 0 Å². The Morgan fingerprint density at radius 1 is 1.47 bits per heavy atom. The summed E-state index contributed by atoms with van der Waals surface area (Å²) < 4.78 is 7.66. The summed E-state index contributed by atoms with van der Waals surface area (Å²) in [7, 11) is 0. The van der Waals surface area contributed by atoms with Gasteiger partial charge in [0.25, 0.3) is 0 Å². The van der Waals surface area contributed by atoms with E-state index < -0.39 is 0 Å². The van der Waals surface area contributed by atoms with Crippen LogP contribution in [0.15, 0.2) is 12.3 Å². The smallest absolute Gasteiger partial charge is 0.0553 e. The molecule has 1 aliphatic rings. The first-order valence-electron chi connectivity index (χ1n) is 7.68. The fraction of sp³-hybridized carbons (Fsp3) is 0.800. The summed E-state index contributed by atoms with van der Waals surface area (Å²) in [5.41, 5.74) is 1.34. The predicted octanol–water partition coefficient (Wildman–Crippen LogP) is 2.76. The van der Waals surface area contributed by atoms with E-state index >= 15 is 0 Å². The Hall–Kier alpha value is -0.870. The van der Waals surface area contributed by atoms with Gasteiger partial charge in [-0.1, -0.05) is 13.8 Å². The van der Waals surface area contributed by atoms with Crippen molar-refractivity contribution in [2.45, 2.75) is 52.1 Å². The van der Waals surface area contributed by atoms with Gasteiger partial charge in [0.1, 0.15) is 0 Å². The van der Waals surface area contributed by atoms with Crippen LogP contribution in [0.2, 0.25) is 0 Å². The van der Waals surface area contributed by atoms with E-state index in [9.17, 15) is 0 Å². The molecule has 1 aromatic rings. The molecule has 2 atom stereocenters. The molecule has 0 saturated carbocycles. The summed E-state index contributed by atoms with van der Waals surface area (Å²) in [6.45, 7) is 8.34. The number of aryl methyl sites for hydroxylation is 1. The highest BCUT2D eigenvalue weighted by Gasteiger charge is 2.23. The number of ether oxygens (including phenoxy) is 1. The Labute approximate surface area is 116 Å². The van der Waals surface area contributed by atoms with Gasteiger partial charge in [-0.2, -0.15) is 5.10 Å². The average molecular weight is 265 g/mol. The second-order valence-corrected chi connectivity index (χ2v) is 5.45. The largest absolute Gasteiger partial charge is 0.381 e. The van der Waals surface area contributed by atoms with Crippen LogP contribution in [0.5, 0.6) is 0 Å². The SMILES string of the molecule is CCCNC(CC1CCOC1)c1ccnn1CCC. The zero-order chi connectivity index (χ0) is 13.5. The minimum absolute atomic E-state index is 0.417. The molecule has 2 rings (SSSR count). The molecule has 1 N–H and O–H groups in total. The van der Waals surface area contributed by atoms with Gasteiger partial charge in [0.05, 0.1) is 5.69 Å². The minimum Gasteiger partial charge on any atom is -0.381 e. The third kappa shape index (κ3) is 4.05. The highest BCUT2D eigenvalue weighted by molar-refractivity contribution is 5.07. The van der Waals surface area contributed by atoms with Crippen molar-refractivity contribution in [1.29, 1.82) is 0 Å². The van der Waals surface area contributed by atoms with Crippen LogP contribution in [0.25, 0.3) is 0 Å². The number of nitrogens with zero attached hydrogens (tertiary/aromatic N) is 2. The van der Waals surface area contributed by atoms with Crippen LogP contribution in [0.3, 0.4) is 0 Å². The Balaban J connectivity index is 2.03. The normalized spacial score (nSPS) is 20.8. The number of nitrogens with one attached hydrogen (secondary N) is 1. The van der Waals surface area contributed by atoms with Gasteiger partial charge in [0, 0.05) is 32.0 Å². The van der Waals surface area contributed by atoms with Crippen molar-refractivity contribution in [2.75, 3.05) is 19.8 Å². The Morgan fingerprint density at radius 2 is 2.37 bits per heavy atom. The van der Waals surface area contributed by atoms with Gasteiger partial charge in [-0.25, -0.2) is 0 Å². The molecule has 1 aliphatic heterocycles. The van der Waals surface area contributed by atoms with Crippen LogP contribution in [0, 0.1) is 5.92 Å². The zero-order valence-electron chi connectivity index (χ0n) is 12.3. The summed E-state index contributed by atoms with van der Waals surface area (Å²) in [4.78, 5) is 0. The average Bonchev–Trinajstić information content (AvgIpc) is 3.06. The highest BCUT2D eigenvalue weighted by atomic mass is 16.5. The summed E-state index contributed by atoms with van der Waals surface area (Å²) in [5, 5.41) is 8.14. The van der Waals surface area contributed by atoms with Crippen LogP contribution in [-0.4, -0.2) is 29.5 Å². The molecule has 0 radical (unpaired) electrons. The first kappa shape index (κ1) is 14.5. The quantitative estimate of drug-likeness (QED) is 0.785. The first-order valence-corrected chi connectivity index (χ1v) is 7.68. The van der Waals surface area contributed by atoms with E-state index in [0.717, 1.165) is 39.1 Å². The molecule has 0 spiro atoms. The topological polar surface area (TPSA) is 39.1 Å². The van der Waals surface area contributed by atoms with Crippen LogP contribution >= 0.6 is 0 Å². The Kier molecular flexibility index (Phi) is 5.86. The maximum absolute atomic E-state index is 5.51. The van der Waals surface area contributed by atoms with E-state index in [0.29, 0.717) is 12.0 Å². The third-order valence-corrected chi connectivity index (χ3v) is 3.78. The lowest BCUT2D eigenvalue weighted by molar-refractivity contribution is 0.181. The van der Waals surface area contributed by atoms with Crippen molar-refractivity contribution in [3.05, 3.63) is 18.0 Å². The van der Waals surface area contributed by atoms with Crippen LogP contribution in [-0.2, 0) is 11.3 Å². The van der Waals surface area contributed by atoms with Gasteiger partial charge in [0.2, 0.25) is 0 Å². The number of rotatable bonds is 8. The van der Waals surface area contributed by atoms with E-state index in [1.165, 1.54) is 18.5 Å². The predicted molar refractivity (Wildman–Crippen MR) is 77.1 cm³/mol. The maximum atomic E-state index is 5.51. The molecule has 4 nitrogen and oxygen atoms in total. The zero-order valence-corrected chi connectivity index (χ0v) is 12.3. The lowest BCUT2D eigenvalue weighted by Crippen LogP contribution is -2.27.